The van der Waals surface area contributed by atoms with Gasteiger partial charge in [-0.05, 0) is 62.2 Å². The van der Waals surface area contributed by atoms with Gasteiger partial charge in [-0.15, -0.1) is 5.92 Å². The summed E-state index contributed by atoms with van der Waals surface area (Å²) in [6.45, 7) is 5.61. The molecule has 0 saturated carbocycles. The van der Waals surface area contributed by atoms with Gasteiger partial charge in [-0.3, -0.25) is 14.5 Å². The summed E-state index contributed by atoms with van der Waals surface area (Å²) in [6.07, 6.45) is -0.0508. The van der Waals surface area contributed by atoms with Gasteiger partial charge in [0.1, 0.15) is 5.75 Å². The second-order valence-corrected chi connectivity index (χ2v) is 8.32. The fraction of sp³-hybridized carbons (Fsp3) is 0.304. The van der Waals surface area contributed by atoms with Crippen molar-refractivity contribution in [2.45, 2.75) is 38.5 Å². The molecular weight excluding hydrogens is 434 g/mol. The van der Waals surface area contributed by atoms with Crippen molar-refractivity contribution in [1.82, 2.24) is 0 Å². The highest BCUT2D eigenvalue weighted by atomic mass is 79.9. The van der Waals surface area contributed by atoms with Crippen LogP contribution in [0.3, 0.4) is 0 Å². The molecule has 0 aliphatic carbocycles. The van der Waals surface area contributed by atoms with E-state index in [0.717, 1.165) is 21.3 Å². The van der Waals surface area contributed by atoms with Gasteiger partial charge >= 0.3 is 5.97 Å². The number of halogens is 1. The number of hydrogen-bond acceptors (Lipinski definition) is 3. The molecule has 1 unspecified atom stereocenters. The van der Waals surface area contributed by atoms with Crippen LogP contribution in [0.1, 0.15) is 44.2 Å². The SMILES string of the molecule is CC#CC(CC(=O)O)c1ccc(OCN2C(=O)C(C)(C)c3cc(Br)ccc32)cc1. The number of amides is 1. The zero-order chi connectivity index (χ0) is 21.2. The maximum atomic E-state index is 12.9. The zero-order valence-electron chi connectivity index (χ0n) is 16.5. The van der Waals surface area contributed by atoms with Crippen molar-refractivity contribution >= 4 is 33.5 Å². The van der Waals surface area contributed by atoms with Gasteiger partial charge in [0.15, 0.2) is 6.73 Å². The normalized spacial score (nSPS) is 15.3. The number of carbonyl (C=O) groups excluding carboxylic acids is 1. The summed E-state index contributed by atoms with van der Waals surface area (Å²) >= 11 is 3.47. The average Bonchev–Trinajstić information content (AvgIpc) is 2.86. The van der Waals surface area contributed by atoms with Gasteiger partial charge in [0, 0.05) is 4.47 Å². The van der Waals surface area contributed by atoms with Crippen molar-refractivity contribution in [2.24, 2.45) is 0 Å². The molecule has 6 heteroatoms. The fourth-order valence-corrected chi connectivity index (χ4v) is 3.83. The number of fused-ring (bicyclic) bond motifs is 1. The molecule has 0 bridgehead atoms. The maximum Gasteiger partial charge on any atom is 0.304 e. The molecule has 3 rings (SSSR count). The van der Waals surface area contributed by atoms with Crippen LogP contribution in [0.15, 0.2) is 46.9 Å². The number of aliphatic carboxylic acids is 1. The lowest BCUT2D eigenvalue weighted by molar-refractivity contribution is -0.137. The Balaban J connectivity index is 1.74. The minimum atomic E-state index is -0.890. The van der Waals surface area contributed by atoms with E-state index in [0.29, 0.717) is 5.75 Å². The summed E-state index contributed by atoms with van der Waals surface area (Å²) in [4.78, 5) is 25.6. The molecule has 1 atom stereocenters. The molecule has 29 heavy (non-hydrogen) atoms. The summed E-state index contributed by atoms with van der Waals surface area (Å²) in [7, 11) is 0. The third-order valence-corrected chi connectivity index (χ3v) is 5.54. The summed E-state index contributed by atoms with van der Waals surface area (Å²) < 4.78 is 6.79. The number of benzene rings is 2. The van der Waals surface area contributed by atoms with Crippen molar-refractivity contribution < 1.29 is 19.4 Å². The van der Waals surface area contributed by atoms with Gasteiger partial charge in [0.05, 0.1) is 23.4 Å². The number of hydrogen-bond donors (Lipinski definition) is 1. The van der Waals surface area contributed by atoms with Gasteiger partial charge in [-0.2, -0.15) is 0 Å². The van der Waals surface area contributed by atoms with Crippen LogP contribution in [0.25, 0.3) is 0 Å². The van der Waals surface area contributed by atoms with Crippen LogP contribution in [-0.2, 0) is 15.0 Å². The minimum Gasteiger partial charge on any atom is -0.481 e. The first-order valence-electron chi connectivity index (χ1n) is 9.23. The Morgan fingerprint density at radius 2 is 1.93 bits per heavy atom. The third-order valence-electron chi connectivity index (χ3n) is 5.04. The first kappa shape index (κ1) is 20.9. The molecular formula is C23H22BrNO4. The predicted octanol–water partition coefficient (Wildman–Crippen LogP) is 4.69. The number of rotatable bonds is 6. The van der Waals surface area contributed by atoms with Crippen LogP contribution in [-0.4, -0.2) is 23.7 Å². The minimum absolute atomic E-state index is 0.0121. The molecule has 2 aromatic rings. The van der Waals surface area contributed by atoms with Crippen molar-refractivity contribution in [1.29, 1.82) is 0 Å². The molecule has 1 heterocycles. The number of carboxylic acids is 1. The second-order valence-electron chi connectivity index (χ2n) is 7.41. The molecule has 0 fully saturated rings. The Morgan fingerprint density at radius 3 is 2.55 bits per heavy atom. The number of nitrogens with zero attached hydrogens (tertiary/aromatic N) is 1. The Bertz CT molecular complexity index is 1000. The zero-order valence-corrected chi connectivity index (χ0v) is 18.1. The molecule has 2 aromatic carbocycles. The van der Waals surface area contributed by atoms with Crippen LogP contribution >= 0.6 is 15.9 Å². The van der Waals surface area contributed by atoms with Gasteiger partial charge < -0.3 is 9.84 Å². The number of carboxylic acid groups (broad SMARTS) is 1. The maximum absolute atomic E-state index is 12.9. The largest absolute Gasteiger partial charge is 0.481 e. The molecule has 150 valence electrons. The van der Waals surface area contributed by atoms with E-state index in [-0.39, 0.29) is 25.0 Å². The van der Waals surface area contributed by atoms with Gasteiger partial charge in [-0.1, -0.05) is 34.0 Å². The topological polar surface area (TPSA) is 66.8 Å². The van der Waals surface area contributed by atoms with E-state index in [2.05, 4.69) is 27.8 Å². The molecule has 0 aromatic heterocycles. The highest BCUT2D eigenvalue weighted by Crippen LogP contribution is 2.42. The van der Waals surface area contributed by atoms with Gasteiger partial charge in [0.25, 0.3) is 0 Å². The Hall–Kier alpha value is -2.78. The van der Waals surface area contributed by atoms with E-state index >= 15 is 0 Å². The van der Waals surface area contributed by atoms with Crippen LogP contribution < -0.4 is 9.64 Å². The number of carbonyl (C=O) groups is 2. The molecule has 0 saturated heterocycles. The van der Waals surface area contributed by atoms with Crippen molar-refractivity contribution in [3.8, 4) is 17.6 Å². The Labute approximate surface area is 178 Å². The molecule has 5 nitrogen and oxygen atoms in total. The second kappa shape index (κ2) is 8.30. The summed E-state index contributed by atoms with van der Waals surface area (Å²) in [5.74, 6) is 5.05. The van der Waals surface area contributed by atoms with Crippen molar-refractivity contribution in [3.63, 3.8) is 0 Å². The summed E-state index contributed by atoms with van der Waals surface area (Å²) in [5.41, 5.74) is 2.02. The van der Waals surface area contributed by atoms with E-state index in [1.165, 1.54) is 0 Å². The number of anilines is 1. The average molecular weight is 456 g/mol. The fourth-order valence-electron chi connectivity index (χ4n) is 3.47. The summed E-state index contributed by atoms with van der Waals surface area (Å²) in [5, 5.41) is 9.06. The monoisotopic (exact) mass is 455 g/mol. The first-order valence-corrected chi connectivity index (χ1v) is 10.0. The Morgan fingerprint density at radius 1 is 1.24 bits per heavy atom. The van der Waals surface area contributed by atoms with Crippen LogP contribution in [0.4, 0.5) is 5.69 Å². The van der Waals surface area contributed by atoms with E-state index in [1.807, 2.05) is 44.2 Å². The molecule has 1 aliphatic rings. The van der Waals surface area contributed by atoms with Crippen LogP contribution in [0, 0.1) is 11.8 Å². The molecule has 0 radical (unpaired) electrons. The Kier molecular flexibility index (Phi) is 5.99. The first-order chi connectivity index (χ1) is 13.7. The van der Waals surface area contributed by atoms with E-state index in [1.54, 1.807) is 24.0 Å². The smallest absolute Gasteiger partial charge is 0.304 e. The van der Waals surface area contributed by atoms with E-state index in [4.69, 9.17) is 9.84 Å². The quantitative estimate of drug-likeness (QED) is 0.641. The summed E-state index contributed by atoms with van der Waals surface area (Å²) in [6, 6.07) is 13.0. The highest BCUT2D eigenvalue weighted by molar-refractivity contribution is 9.10. The van der Waals surface area contributed by atoms with Crippen LogP contribution in [0.5, 0.6) is 5.75 Å². The lowest BCUT2D eigenvalue weighted by atomic mass is 9.86. The van der Waals surface area contributed by atoms with Crippen molar-refractivity contribution in [2.75, 3.05) is 11.6 Å². The third kappa shape index (κ3) is 4.30. The van der Waals surface area contributed by atoms with Gasteiger partial charge in [-0.25, -0.2) is 0 Å². The molecule has 1 aliphatic heterocycles. The molecule has 1 N–H and O–H groups in total. The van der Waals surface area contributed by atoms with Crippen LogP contribution in [0.2, 0.25) is 0 Å². The van der Waals surface area contributed by atoms with E-state index < -0.39 is 11.4 Å². The van der Waals surface area contributed by atoms with E-state index in [9.17, 15) is 9.59 Å². The lowest BCUT2D eigenvalue weighted by Gasteiger charge is -2.21. The molecule has 1 amide bonds. The molecule has 0 spiro atoms. The highest BCUT2D eigenvalue weighted by Gasteiger charge is 2.44. The standard InChI is InChI=1S/C23H22BrNO4/c1-4-5-16(12-21(26)27)15-6-9-18(10-7-15)29-14-25-20-11-8-17(24)13-19(20)23(2,3)22(25)28/h6-11,13,16H,12,14H2,1-3H3,(H,26,27). The van der Waals surface area contributed by atoms with Gasteiger partial charge in [0.2, 0.25) is 5.91 Å². The lowest BCUT2D eigenvalue weighted by Crippen LogP contribution is -2.38. The van der Waals surface area contributed by atoms with Crippen molar-refractivity contribution in [3.05, 3.63) is 58.1 Å². The predicted molar refractivity (Wildman–Crippen MR) is 115 cm³/mol. The number of ether oxygens (including phenoxy) is 1.